The zero-order valence-electron chi connectivity index (χ0n) is 16.2. The second-order valence-electron chi connectivity index (χ2n) is 6.39. The molecular formula is C20H29N5OS. The first-order valence-corrected chi connectivity index (χ1v) is 10.5. The van der Waals surface area contributed by atoms with Crippen molar-refractivity contribution in [2.75, 3.05) is 37.7 Å². The van der Waals surface area contributed by atoms with Crippen LogP contribution in [-0.4, -0.2) is 43.8 Å². The second kappa shape index (κ2) is 10.3. The molecule has 0 radical (unpaired) electrons. The van der Waals surface area contributed by atoms with E-state index in [1.807, 2.05) is 6.20 Å². The van der Waals surface area contributed by atoms with E-state index in [1.165, 1.54) is 16.1 Å². The summed E-state index contributed by atoms with van der Waals surface area (Å²) in [6.07, 6.45) is 2.99. The van der Waals surface area contributed by atoms with E-state index in [-0.39, 0.29) is 0 Å². The minimum atomic E-state index is 0.650. The summed E-state index contributed by atoms with van der Waals surface area (Å²) >= 11 is 1.75. The van der Waals surface area contributed by atoms with Crippen LogP contribution in [0, 0.1) is 0 Å². The van der Waals surface area contributed by atoms with Crippen molar-refractivity contribution in [3.63, 3.8) is 0 Å². The number of hydrogen-bond acceptors (Lipinski definition) is 5. The van der Waals surface area contributed by atoms with Gasteiger partial charge in [-0.1, -0.05) is 19.1 Å². The molecule has 7 heteroatoms. The topological polar surface area (TPSA) is 61.8 Å². The number of thiazole rings is 1. The third kappa shape index (κ3) is 5.94. The average Bonchev–Trinajstić information content (AvgIpc) is 3.19. The fraction of sp³-hybridized carbons (Fsp3) is 0.500. The maximum Gasteiger partial charge on any atom is 0.191 e. The molecule has 0 aliphatic carbocycles. The Kier molecular flexibility index (Phi) is 7.47. The fourth-order valence-electron chi connectivity index (χ4n) is 2.90. The van der Waals surface area contributed by atoms with Crippen LogP contribution in [0.3, 0.4) is 0 Å². The number of hydrogen-bond donors (Lipinski definition) is 2. The predicted molar refractivity (Wildman–Crippen MR) is 113 cm³/mol. The zero-order valence-corrected chi connectivity index (χ0v) is 17.0. The summed E-state index contributed by atoms with van der Waals surface area (Å²) in [6, 6.07) is 8.68. The highest BCUT2D eigenvalue weighted by Gasteiger charge is 2.10. The molecule has 0 saturated carbocycles. The Balaban J connectivity index is 1.55. The molecule has 146 valence electrons. The highest BCUT2D eigenvalue weighted by Crippen LogP contribution is 2.17. The van der Waals surface area contributed by atoms with Gasteiger partial charge in [-0.15, -0.1) is 11.3 Å². The van der Waals surface area contributed by atoms with Gasteiger partial charge in [0.1, 0.15) is 5.01 Å². The summed E-state index contributed by atoms with van der Waals surface area (Å²) in [5.41, 5.74) is 2.46. The highest BCUT2D eigenvalue weighted by atomic mass is 32.1. The van der Waals surface area contributed by atoms with Gasteiger partial charge in [0.25, 0.3) is 0 Å². The Bertz CT molecular complexity index is 722. The van der Waals surface area contributed by atoms with Gasteiger partial charge >= 0.3 is 0 Å². The minimum Gasteiger partial charge on any atom is -0.378 e. The normalized spacial score (nSPS) is 15.0. The molecule has 6 nitrogen and oxygen atoms in total. The van der Waals surface area contributed by atoms with Gasteiger partial charge in [-0.3, -0.25) is 0 Å². The van der Waals surface area contributed by atoms with Gasteiger partial charge in [0.15, 0.2) is 5.96 Å². The van der Waals surface area contributed by atoms with E-state index in [0.717, 1.165) is 50.2 Å². The van der Waals surface area contributed by atoms with E-state index in [0.29, 0.717) is 13.1 Å². The van der Waals surface area contributed by atoms with Crippen LogP contribution < -0.4 is 15.5 Å². The lowest BCUT2D eigenvalue weighted by Crippen LogP contribution is -2.36. The molecule has 2 N–H and O–H groups in total. The number of aryl methyl sites for hydroxylation is 1. The Morgan fingerprint density at radius 3 is 2.63 bits per heavy atom. The molecule has 1 aromatic heterocycles. The summed E-state index contributed by atoms with van der Waals surface area (Å²) in [5, 5.41) is 7.76. The minimum absolute atomic E-state index is 0.650. The first kappa shape index (κ1) is 19.6. The van der Waals surface area contributed by atoms with E-state index < -0.39 is 0 Å². The quantitative estimate of drug-likeness (QED) is 0.565. The van der Waals surface area contributed by atoms with Gasteiger partial charge in [0.05, 0.1) is 26.3 Å². The first-order valence-electron chi connectivity index (χ1n) is 9.66. The van der Waals surface area contributed by atoms with Crippen molar-refractivity contribution in [3.05, 3.63) is 45.9 Å². The van der Waals surface area contributed by atoms with Crippen LogP contribution in [0.1, 0.15) is 29.3 Å². The van der Waals surface area contributed by atoms with Crippen molar-refractivity contribution in [2.45, 2.75) is 33.4 Å². The molecule has 27 heavy (non-hydrogen) atoms. The van der Waals surface area contributed by atoms with Gasteiger partial charge in [0, 0.05) is 36.4 Å². The molecule has 2 heterocycles. The van der Waals surface area contributed by atoms with Crippen LogP contribution in [0.5, 0.6) is 0 Å². The van der Waals surface area contributed by atoms with Crippen LogP contribution in [-0.2, 0) is 24.2 Å². The van der Waals surface area contributed by atoms with Crippen LogP contribution >= 0.6 is 11.3 Å². The number of morpholine rings is 1. The highest BCUT2D eigenvalue weighted by molar-refractivity contribution is 7.11. The molecule has 0 spiro atoms. The first-order chi connectivity index (χ1) is 13.3. The van der Waals surface area contributed by atoms with Crippen molar-refractivity contribution in [3.8, 4) is 0 Å². The number of aliphatic imine (C=N–C) groups is 1. The SMILES string of the molecule is CCNC(=NCc1ccc(N2CCOCC2)cc1)NCc1ncc(CC)s1. The van der Waals surface area contributed by atoms with Crippen molar-refractivity contribution in [1.82, 2.24) is 15.6 Å². The number of benzene rings is 1. The Labute approximate surface area is 165 Å². The third-order valence-corrected chi connectivity index (χ3v) is 5.58. The molecular weight excluding hydrogens is 358 g/mol. The summed E-state index contributed by atoms with van der Waals surface area (Å²) in [7, 11) is 0. The Hall–Kier alpha value is -2.12. The van der Waals surface area contributed by atoms with Gasteiger partial charge in [-0.25, -0.2) is 9.98 Å². The smallest absolute Gasteiger partial charge is 0.191 e. The molecule has 1 aromatic carbocycles. The predicted octanol–water partition coefficient (Wildman–Crippen LogP) is 2.80. The number of aromatic nitrogens is 1. The zero-order chi connectivity index (χ0) is 18.9. The lowest BCUT2D eigenvalue weighted by Gasteiger charge is -2.28. The largest absolute Gasteiger partial charge is 0.378 e. The van der Waals surface area contributed by atoms with Crippen molar-refractivity contribution in [1.29, 1.82) is 0 Å². The average molecular weight is 388 g/mol. The molecule has 0 bridgehead atoms. The van der Waals surface area contributed by atoms with E-state index in [9.17, 15) is 0 Å². The number of nitrogens with one attached hydrogen (secondary N) is 2. The second-order valence-corrected chi connectivity index (χ2v) is 7.59. The summed E-state index contributed by atoms with van der Waals surface area (Å²) in [6.45, 7) is 9.95. The molecule has 0 atom stereocenters. The van der Waals surface area contributed by atoms with Gasteiger partial charge in [-0.2, -0.15) is 0 Å². The van der Waals surface area contributed by atoms with Crippen LogP contribution in [0.25, 0.3) is 0 Å². The Morgan fingerprint density at radius 1 is 1.19 bits per heavy atom. The van der Waals surface area contributed by atoms with Crippen molar-refractivity contribution < 1.29 is 4.74 Å². The maximum atomic E-state index is 5.42. The molecule has 1 fully saturated rings. The van der Waals surface area contributed by atoms with Crippen LogP contribution in [0.4, 0.5) is 5.69 Å². The van der Waals surface area contributed by atoms with Crippen LogP contribution in [0.15, 0.2) is 35.5 Å². The number of rotatable bonds is 7. The number of nitrogens with zero attached hydrogens (tertiary/aromatic N) is 3. The van der Waals surface area contributed by atoms with E-state index in [2.05, 4.69) is 58.6 Å². The fourth-order valence-corrected chi connectivity index (χ4v) is 3.70. The maximum absolute atomic E-state index is 5.42. The van der Waals surface area contributed by atoms with E-state index in [1.54, 1.807) is 11.3 Å². The van der Waals surface area contributed by atoms with Crippen LogP contribution in [0.2, 0.25) is 0 Å². The van der Waals surface area contributed by atoms with Gasteiger partial charge in [-0.05, 0) is 31.0 Å². The molecule has 1 saturated heterocycles. The lowest BCUT2D eigenvalue weighted by atomic mass is 10.2. The molecule has 3 rings (SSSR count). The summed E-state index contributed by atoms with van der Waals surface area (Å²) in [4.78, 5) is 12.8. The third-order valence-electron chi connectivity index (χ3n) is 4.43. The monoisotopic (exact) mass is 387 g/mol. The summed E-state index contributed by atoms with van der Waals surface area (Å²) in [5.74, 6) is 0.822. The standard InChI is InChI=1S/C20H29N5OS/c1-3-18-14-22-19(27-18)15-24-20(21-4-2)23-13-16-5-7-17(8-6-16)25-9-11-26-12-10-25/h5-8,14H,3-4,9-13,15H2,1-2H3,(H2,21,23,24). The molecule has 0 amide bonds. The van der Waals surface area contributed by atoms with E-state index >= 15 is 0 Å². The van der Waals surface area contributed by atoms with E-state index in [4.69, 9.17) is 9.73 Å². The number of anilines is 1. The molecule has 1 aliphatic rings. The van der Waals surface area contributed by atoms with Gasteiger partial charge < -0.3 is 20.3 Å². The number of guanidine groups is 1. The summed E-state index contributed by atoms with van der Waals surface area (Å²) < 4.78 is 5.42. The van der Waals surface area contributed by atoms with Crippen molar-refractivity contribution in [2.24, 2.45) is 4.99 Å². The Morgan fingerprint density at radius 2 is 1.96 bits per heavy atom. The van der Waals surface area contributed by atoms with Crippen molar-refractivity contribution >= 4 is 23.0 Å². The molecule has 2 aromatic rings. The molecule has 0 unspecified atom stereocenters. The number of ether oxygens (including phenoxy) is 1. The van der Waals surface area contributed by atoms with Gasteiger partial charge in [0.2, 0.25) is 0 Å². The lowest BCUT2D eigenvalue weighted by molar-refractivity contribution is 0.122. The molecule has 1 aliphatic heterocycles.